The smallest absolute Gasteiger partial charge is 0.310 e. The molecule has 1 atom stereocenters. The molecule has 0 N–H and O–H groups in total. The summed E-state index contributed by atoms with van der Waals surface area (Å²) in [4.78, 5) is 25.3. The van der Waals surface area contributed by atoms with Crippen molar-refractivity contribution in [1.82, 2.24) is 0 Å². The molecule has 346 valence electrons. The third kappa shape index (κ3) is 48.0. The molecule has 0 aromatic carbocycles. The van der Waals surface area contributed by atoms with Gasteiger partial charge in [-0.25, -0.2) is 0 Å². The number of hydrogen-bond donors (Lipinski definition) is 0. The van der Waals surface area contributed by atoms with Crippen LogP contribution in [-0.2, 0) is 23.8 Å². The summed E-state index contributed by atoms with van der Waals surface area (Å²) in [7, 11) is 0. The fourth-order valence-electron chi connectivity index (χ4n) is 6.99. The van der Waals surface area contributed by atoms with Crippen LogP contribution >= 0.6 is 0 Å². The number of esters is 2. The molecule has 0 aromatic rings. The van der Waals surface area contributed by atoms with Crippen LogP contribution in [0.1, 0.15) is 239 Å². The zero-order chi connectivity index (χ0) is 43.5. The van der Waals surface area contributed by atoms with E-state index in [2.05, 4.69) is 81.5 Å². The van der Waals surface area contributed by atoms with Crippen LogP contribution in [0.5, 0.6) is 0 Å². The van der Waals surface area contributed by atoms with E-state index in [0.717, 1.165) is 64.2 Å². The predicted molar refractivity (Wildman–Crippen MR) is 260 cm³/mol. The normalized spacial score (nSPS) is 12.8. The van der Waals surface area contributed by atoms with E-state index in [1.165, 1.54) is 141 Å². The third-order valence-corrected chi connectivity index (χ3v) is 10.8. The Hall–Kier alpha value is -2.66. The summed E-state index contributed by atoms with van der Waals surface area (Å²) >= 11 is 0. The molecule has 0 saturated heterocycles. The van der Waals surface area contributed by atoms with Gasteiger partial charge in [-0.3, -0.25) is 9.59 Å². The van der Waals surface area contributed by atoms with Crippen molar-refractivity contribution in [1.29, 1.82) is 0 Å². The number of hydrogen-bond acceptors (Lipinski definition) is 5. The van der Waals surface area contributed by atoms with Crippen LogP contribution < -0.4 is 0 Å². The molecular weight excluding hydrogens is 741 g/mol. The fraction of sp³-hybridized carbons (Fsp3) is 0.745. The zero-order valence-corrected chi connectivity index (χ0v) is 39.7. The van der Waals surface area contributed by atoms with Crippen LogP contribution in [0.25, 0.3) is 0 Å². The molecule has 0 fully saturated rings. The summed E-state index contributed by atoms with van der Waals surface area (Å²) in [6, 6.07) is 0. The lowest BCUT2D eigenvalue weighted by atomic mass is 10.1. The monoisotopic (exact) mass is 837 g/mol. The van der Waals surface area contributed by atoms with Gasteiger partial charge in [-0.1, -0.05) is 229 Å². The molecule has 0 radical (unpaired) electrons. The highest BCUT2D eigenvalue weighted by Crippen LogP contribution is 2.14. The highest BCUT2D eigenvalue weighted by molar-refractivity contribution is 5.71. The molecule has 0 amide bonds. The number of allylic oxidation sites excluding steroid dienone is 11. The van der Waals surface area contributed by atoms with Crippen LogP contribution in [-0.4, -0.2) is 37.9 Å². The van der Waals surface area contributed by atoms with Gasteiger partial charge >= 0.3 is 11.9 Å². The second kappa shape index (κ2) is 50.7. The van der Waals surface area contributed by atoms with Gasteiger partial charge in [0.25, 0.3) is 0 Å². The average molecular weight is 837 g/mol. The van der Waals surface area contributed by atoms with Gasteiger partial charge in [0, 0.05) is 13.0 Å². The maximum absolute atomic E-state index is 12.7. The van der Waals surface area contributed by atoms with Gasteiger partial charge in [0.15, 0.2) is 6.10 Å². The molecule has 60 heavy (non-hydrogen) atoms. The number of unbranched alkanes of at least 4 members (excludes halogenated alkanes) is 24. The van der Waals surface area contributed by atoms with Crippen LogP contribution in [0.15, 0.2) is 72.9 Å². The first-order valence-electron chi connectivity index (χ1n) is 25.5. The summed E-state index contributed by atoms with van der Waals surface area (Å²) in [6.07, 6.45) is 65.1. The highest BCUT2D eigenvalue weighted by Gasteiger charge is 2.17. The Morgan fingerprint density at radius 2 is 0.800 bits per heavy atom. The van der Waals surface area contributed by atoms with Crippen LogP contribution in [0.4, 0.5) is 0 Å². The van der Waals surface area contributed by atoms with E-state index in [9.17, 15) is 9.59 Å². The zero-order valence-electron chi connectivity index (χ0n) is 39.7. The summed E-state index contributed by atoms with van der Waals surface area (Å²) in [5.41, 5.74) is 0. The van der Waals surface area contributed by atoms with Gasteiger partial charge in [-0.2, -0.15) is 0 Å². The lowest BCUT2D eigenvalue weighted by Gasteiger charge is -2.18. The summed E-state index contributed by atoms with van der Waals surface area (Å²) in [6.45, 7) is 7.61. The minimum atomic E-state index is -0.589. The van der Waals surface area contributed by atoms with Crippen molar-refractivity contribution < 1.29 is 23.8 Å². The number of rotatable bonds is 46. The Morgan fingerprint density at radius 1 is 0.400 bits per heavy atom. The summed E-state index contributed by atoms with van der Waals surface area (Å²) in [5.74, 6) is -0.541. The molecule has 0 heterocycles. The Bertz CT molecular complexity index is 1080. The number of ether oxygens (including phenoxy) is 3. The van der Waals surface area contributed by atoms with Gasteiger partial charge in [-0.05, 0) is 70.6 Å². The number of carbonyl (C=O) groups is 2. The van der Waals surface area contributed by atoms with Crippen molar-refractivity contribution in [3.8, 4) is 0 Å². The van der Waals surface area contributed by atoms with E-state index in [-0.39, 0.29) is 31.6 Å². The molecule has 0 rings (SSSR count). The molecular formula is C55H96O5. The molecule has 0 aliphatic rings. The second-order valence-electron chi connectivity index (χ2n) is 16.7. The van der Waals surface area contributed by atoms with E-state index in [4.69, 9.17) is 14.2 Å². The van der Waals surface area contributed by atoms with E-state index in [1.807, 2.05) is 12.2 Å². The van der Waals surface area contributed by atoms with Crippen molar-refractivity contribution in [2.75, 3.05) is 19.8 Å². The molecule has 1 unspecified atom stereocenters. The molecule has 0 aliphatic heterocycles. The molecule has 0 aliphatic carbocycles. The average Bonchev–Trinajstić information content (AvgIpc) is 3.25. The van der Waals surface area contributed by atoms with Gasteiger partial charge in [-0.15, -0.1) is 0 Å². The molecule has 0 saturated carbocycles. The van der Waals surface area contributed by atoms with Crippen molar-refractivity contribution in [2.45, 2.75) is 245 Å². The van der Waals surface area contributed by atoms with Crippen molar-refractivity contribution in [3.05, 3.63) is 72.9 Å². The molecule has 5 heteroatoms. The first-order valence-corrected chi connectivity index (χ1v) is 25.5. The Balaban J connectivity index is 4.30. The lowest BCUT2D eigenvalue weighted by Crippen LogP contribution is -2.29. The topological polar surface area (TPSA) is 61.8 Å². The van der Waals surface area contributed by atoms with E-state index in [0.29, 0.717) is 13.0 Å². The molecule has 5 nitrogen and oxygen atoms in total. The van der Waals surface area contributed by atoms with Gasteiger partial charge in [0.05, 0.1) is 13.0 Å². The minimum Gasteiger partial charge on any atom is -0.462 e. The number of carbonyl (C=O) groups excluding carboxylic acids is 2. The minimum absolute atomic E-state index is 0.0448. The van der Waals surface area contributed by atoms with Crippen molar-refractivity contribution in [2.24, 2.45) is 0 Å². The van der Waals surface area contributed by atoms with E-state index in [1.54, 1.807) is 0 Å². The van der Waals surface area contributed by atoms with Crippen molar-refractivity contribution >= 4 is 11.9 Å². The maximum Gasteiger partial charge on any atom is 0.310 e. The predicted octanol–water partition coefficient (Wildman–Crippen LogP) is 17.1. The Morgan fingerprint density at radius 3 is 1.27 bits per heavy atom. The van der Waals surface area contributed by atoms with Gasteiger partial charge < -0.3 is 14.2 Å². The molecule has 0 spiro atoms. The Labute approximate surface area is 372 Å². The quantitative estimate of drug-likeness (QED) is 0.0347. The Kier molecular flexibility index (Phi) is 48.4. The largest absolute Gasteiger partial charge is 0.462 e. The molecule has 0 bridgehead atoms. The first kappa shape index (κ1) is 57.3. The van der Waals surface area contributed by atoms with Crippen LogP contribution in [0, 0.1) is 0 Å². The highest BCUT2D eigenvalue weighted by atomic mass is 16.6. The van der Waals surface area contributed by atoms with Gasteiger partial charge in [0.2, 0.25) is 0 Å². The third-order valence-electron chi connectivity index (χ3n) is 10.8. The van der Waals surface area contributed by atoms with Crippen molar-refractivity contribution in [3.63, 3.8) is 0 Å². The molecule has 0 aromatic heterocycles. The first-order chi connectivity index (χ1) is 29.6. The van der Waals surface area contributed by atoms with Gasteiger partial charge in [0.1, 0.15) is 6.61 Å². The SMILES string of the molecule is CC/C=C\C/C=C\C/C=C\C/C=C\C/C=C\CC(=O)OC(COCCCCCCCCCCCC)COC(=O)CCCCCCCCCCC/C=C\CCCCCCCC. The lowest BCUT2D eigenvalue weighted by molar-refractivity contribution is -0.162. The van der Waals surface area contributed by atoms with Crippen LogP contribution in [0.2, 0.25) is 0 Å². The van der Waals surface area contributed by atoms with Crippen LogP contribution in [0.3, 0.4) is 0 Å². The van der Waals surface area contributed by atoms with E-state index >= 15 is 0 Å². The summed E-state index contributed by atoms with van der Waals surface area (Å²) < 4.78 is 17.2. The maximum atomic E-state index is 12.7. The fourth-order valence-corrected chi connectivity index (χ4v) is 6.99. The van der Waals surface area contributed by atoms with E-state index < -0.39 is 6.10 Å². The second-order valence-corrected chi connectivity index (χ2v) is 16.7. The summed E-state index contributed by atoms with van der Waals surface area (Å²) in [5, 5.41) is 0. The standard InChI is InChI=1S/C55H96O5/c1-4-7-10-13-16-19-22-24-26-27-28-29-31-32-34-36-39-42-45-48-54(56)59-52-53(51-58-50-47-44-41-38-21-18-15-12-9-6-3)60-55(57)49-46-43-40-37-35-33-30-25-23-20-17-14-11-8-5-2/h8,11,17,20,24-26,30,35,37,43,46,53H,4-7,9-10,12-16,18-19,21-23,27-29,31-34,36,38-42,44-45,47-52H2,1-3H3/b11-8-,20-17-,26-24-,30-25-,37-35-,46-43-.